The normalized spacial score (nSPS) is 13.9. The molecule has 0 fully saturated rings. The summed E-state index contributed by atoms with van der Waals surface area (Å²) >= 11 is 3.47. The Kier molecular flexibility index (Phi) is 3.49. The summed E-state index contributed by atoms with van der Waals surface area (Å²) in [5.41, 5.74) is 4.08. The molecular formula is C12H14BrNO2. The molecule has 0 aliphatic carbocycles. The first-order valence-corrected chi connectivity index (χ1v) is 6.43. The number of rotatable bonds is 2. The van der Waals surface area contributed by atoms with Crippen molar-refractivity contribution >= 4 is 27.6 Å². The van der Waals surface area contributed by atoms with Gasteiger partial charge in [-0.1, -0.05) is 22.0 Å². The highest BCUT2D eigenvalue weighted by atomic mass is 79.9. The summed E-state index contributed by atoms with van der Waals surface area (Å²) in [4.78, 5) is 11.6. The Hall–Kier alpha value is -1.03. The zero-order valence-electron chi connectivity index (χ0n) is 9.18. The molecule has 4 heteroatoms. The molecule has 0 spiro atoms. The summed E-state index contributed by atoms with van der Waals surface area (Å²) in [5.74, 6) is -0.272. The summed E-state index contributed by atoms with van der Waals surface area (Å²) in [6.07, 6.45) is 2.13. The topological polar surface area (TPSA) is 38.3 Å². The van der Waals surface area contributed by atoms with Crippen LogP contribution in [0.5, 0.6) is 0 Å². The van der Waals surface area contributed by atoms with Crippen LogP contribution in [0.25, 0.3) is 0 Å². The molecule has 0 saturated carbocycles. The largest absolute Gasteiger partial charge is 0.465 e. The van der Waals surface area contributed by atoms with Crippen LogP contribution in [0.3, 0.4) is 0 Å². The van der Waals surface area contributed by atoms with Crippen LogP contribution in [-0.2, 0) is 16.5 Å². The maximum atomic E-state index is 11.6. The second-order valence-corrected chi connectivity index (χ2v) is 4.34. The number of fused-ring (bicyclic) bond motifs is 1. The van der Waals surface area contributed by atoms with E-state index in [4.69, 9.17) is 4.74 Å². The Morgan fingerprint density at radius 2 is 2.38 bits per heavy atom. The summed E-state index contributed by atoms with van der Waals surface area (Å²) in [6.45, 7) is 0.919. The van der Waals surface area contributed by atoms with E-state index in [2.05, 4.69) is 21.2 Å². The van der Waals surface area contributed by atoms with Crippen molar-refractivity contribution in [3.8, 4) is 0 Å². The van der Waals surface area contributed by atoms with Crippen molar-refractivity contribution in [1.29, 1.82) is 0 Å². The quantitative estimate of drug-likeness (QED) is 0.670. The van der Waals surface area contributed by atoms with Crippen LogP contribution in [0.4, 0.5) is 5.69 Å². The van der Waals surface area contributed by atoms with Gasteiger partial charge in [0, 0.05) is 11.9 Å². The van der Waals surface area contributed by atoms with Gasteiger partial charge in [0.1, 0.15) is 0 Å². The lowest BCUT2D eigenvalue weighted by atomic mass is 9.95. The number of carbonyl (C=O) groups excluding carboxylic acids is 1. The van der Waals surface area contributed by atoms with Gasteiger partial charge in [-0.25, -0.2) is 4.79 Å². The van der Waals surface area contributed by atoms with Gasteiger partial charge in [0.25, 0.3) is 0 Å². The molecule has 0 aromatic heterocycles. The van der Waals surface area contributed by atoms with E-state index in [0.717, 1.165) is 30.4 Å². The molecule has 1 aliphatic heterocycles. The molecule has 0 bridgehead atoms. The number of anilines is 1. The number of ether oxygens (including phenoxy) is 1. The minimum atomic E-state index is -0.272. The Morgan fingerprint density at radius 3 is 3.06 bits per heavy atom. The molecule has 1 aromatic rings. The second kappa shape index (κ2) is 4.87. The third-order valence-electron chi connectivity index (χ3n) is 2.86. The van der Waals surface area contributed by atoms with Crippen LogP contribution in [0, 0.1) is 0 Å². The fourth-order valence-corrected chi connectivity index (χ4v) is 2.59. The molecule has 1 N–H and O–H groups in total. The van der Waals surface area contributed by atoms with Crippen molar-refractivity contribution in [2.45, 2.75) is 18.2 Å². The van der Waals surface area contributed by atoms with Gasteiger partial charge in [0.2, 0.25) is 0 Å². The lowest BCUT2D eigenvalue weighted by Crippen LogP contribution is -2.17. The SMILES string of the molecule is COC(=O)c1ccc(CBr)c2c1NCCC2. The molecule has 86 valence electrons. The Bertz CT molecular complexity index is 418. The summed E-state index contributed by atoms with van der Waals surface area (Å²) in [7, 11) is 1.41. The molecule has 1 aliphatic rings. The fraction of sp³-hybridized carbons (Fsp3) is 0.417. The van der Waals surface area contributed by atoms with E-state index >= 15 is 0 Å². The molecule has 1 aromatic carbocycles. The maximum absolute atomic E-state index is 11.6. The Labute approximate surface area is 103 Å². The first-order chi connectivity index (χ1) is 7.77. The molecule has 16 heavy (non-hydrogen) atoms. The molecule has 0 saturated heterocycles. The van der Waals surface area contributed by atoms with Gasteiger partial charge >= 0.3 is 5.97 Å². The minimum Gasteiger partial charge on any atom is -0.465 e. The van der Waals surface area contributed by atoms with Crippen LogP contribution in [0.2, 0.25) is 0 Å². The van der Waals surface area contributed by atoms with E-state index < -0.39 is 0 Å². The van der Waals surface area contributed by atoms with Crippen LogP contribution in [0.15, 0.2) is 12.1 Å². The first-order valence-electron chi connectivity index (χ1n) is 5.31. The van der Waals surface area contributed by atoms with E-state index in [9.17, 15) is 4.79 Å². The molecular weight excluding hydrogens is 270 g/mol. The van der Waals surface area contributed by atoms with Crippen molar-refractivity contribution in [1.82, 2.24) is 0 Å². The highest BCUT2D eigenvalue weighted by Gasteiger charge is 2.20. The molecule has 0 atom stereocenters. The van der Waals surface area contributed by atoms with Crippen molar-refractivity contribution < 1.29 is 9.53 Å². The predicted octanol–water partition coefficient (Wildman–Crippen LogP) is 2.73. The summed E-state index contributed by atoms with van der Waals surface area (Å²) in [5, 5.41) is 4.12. The van der Waals surface area contributed by atoms with Crippen LogP contribution < -0.4 is 5.32 Å². The molecule has 0 unspecified atom stereocenters. The third kappa shape index (κ3) is 1.94. The van der Waals surface area contributed by atoms with Crippen molar-refractivity contribution in [2.75, 3.05) is 19.0 Å². The van der Waals surface area contributed by atoms with Gasteiger partial charge in [-0.2, -0.15) is 0 Å². The number of methoxy groups -OCH3 is 1. The summed E-state index contributed by atoms with van der Waals surface area (Å²) < 4.78 is 4.79. The molecule has 2 rings (SSSR count). The van der Waals surface area contributed by atoms with Gasteiger partial charge in [-0.05, 0) is 30.0 Å². The predicted molar refractivity (Wildman–Crippen MR) is 67.2 cm³/mol. The van der Waals surface area contributed by atoms with Crippen LogP contribution >= 0.6 is 15.9 Å². The van der Waals surface area contributed by atoms with Crippen molar-refractivity contribution in [3.63, 3.8) is 0 Å². The number of esters is 1. The van der Waals surface area contributed by atoms with Crippen molar-refractivity contribution in [2.24, 2.45) is 0 Å². The Morgan fingerprint density at radius 1 is 1.56 bits per heavy atom. The van der Waals surface area contributed by atoms with E-state index in [0.29, 0.717) is 5.56 Å². The second-order valence-electron chi connectivity index (χ2n) is 3.78. The van der Waals surface area contributed by atoms with Gasteiger partial charge < -0.3 is 10.1 Å². The summed E-state index contributed by atoms with van der Waals surface area (Å²) in [6, 6.07) is 3.83. The third-order valence-corrected chi connectivity index (χ3v) is 3.47. The number of benzene rings is 1. The number of hydrogen-bond acceptors (Lipinski definition) is 3. The van der Waals surface area contributed by atoms with Gasteiger partial charge in [0.15, 0.2) is 0 Å². The Balaban J connectivity index is 2.52. The van der Waals surface area contributed by atoms with Crippen molar-refractivity contribution in [3.05, 3.63) is 28.8 Å². The maximum Gasteiger partial charge on any atom is 0.339 e. The van der Waals surface area contributed by atoms with Gasteiger partial charge in [-0.3, -0.25) is 0 Å². The highest BCUT2D eigenvalue weighted by molar-refractivity contribution is 9.08. The lowest BCUT2D eigenvalue weighted by molar-refractivity contribution is 0.0601. The minimum absolute atomic E-state index is 0.272. The van der Waals surface area contributed by atoms with E-state index in [1.165, 1.54) is 18.2 Å². The zero-order chi connectivity index (χ0) is 11.5. The van der Waals surface area contributed by atoms with E-state index in [-0.39, 0.29) is 5.97 Å². The molecule has 0 radical (unpaired) electrons. The van der Waals surface area contributed by atoms with E-state index in [1.807, 2.05) is 12.1 Å². The van der Waals surface area contributed by atoms with Crippen LogP contribution in [0.1, 0.15) is 27.9 Å². The monoisotopic (exact) mass is 283 g/mol. The molecule has 0 amide bonds. The van der Waals surface area contributed by atoms with Crippen LogP contribution in [-0.4, -0.2) is 19.6 Å². The average Bonchev–Trinajstić information content (AvgIpc) is 2.36. The molecule has 3 nitrogen and oxygen atoms in total. The average molecular weight is 284 g/mol. The number of hydrogen-bond donors (Lipinski definition) is 1. The number of halogens is 1. The number of carbonyl (C=O) groups is 1. The van der Waals surface area contributed by atoms with Gasteiger partial charge in [-0.15, -0.1) is 0 Å². The highest BCUT2D eigenvalue weighted by Crippen LogP contribution is 2.30. The van der Waals surface area contributed by atoms with Gasteiger partial charge in [0.05, 0.1) is 18.4 Å². The standard InChI is InChI=1S/C12H14BrNO2/c1-16-12(15)10-5-4-8(7-13)9-3-2-6-14-11(9)10/h4-5,14H,2-3,6-7H2,1H3. The number of nitrogens with one attached hydrogen (secondary N) is 1. The fourth-order valence-electron chi connectivity index (χ4n) is 2.06. The zero-order valence-corrected chi connectivity index (χ0v) is 10.8. The smallest absolute Gasteiger partial charge is 0.339 e. The van der Waals surface area contributed by atoms with E-state index in [1.54, 1.807) is 0 Å². The first kappa shape index (κ1) is 11.5. The lowest BCUT2D eigenvalue weighted by Gasteiger charge is -2.22. The molecule has 1 heterocycles. The number of alkyl halides is 1.